The van der Waals surface area contributed by atoms with Gasteiger partial charge in [-0.1, -0.05) is 17.7 Å². The minimum atomic E-state index is -4.19. The molecule has 0 radical (unpaired) electrons. The van der Waals surface area contributed by atoms with Crippen LogP contribution in [0.15, 0.2) is 41.3 Å². The fourth-order valence-corrected chi connectivity index (χ4v) is 8.85. The van der Waals surface area contributed by atoms with E-state index < -0.39 is 22.0 Å². The van der Waals surface area contributed by atoms with Gasteiger partial charge in [0.25, 0.3) is 15.9 Å². The predicted octanol–water partition coefficient (Wildman–Crippen LogP) is 3.67. The van der Waals surface area contributed by atoms with Crippen molar-refractivity contribution in [1.82, 2.24) is 9.62 Å². The summed E-state index contributed by atoms with van der Waals surface area (Å²) < 4.78 is 41.7. The first kappa shape index (κ1) is 28.0. The van der Waals surface area contributed by atoms with Crippen LogP contribution in [-0.4, -0.2) is 70.6 Å². The maximum absolute atomic E-state index is 13.5. The fourth-order valence-electron chi connectivity index (χ4n) is 7.62. The predicted molar refractivity (Wildman–Crippen MR) is 157 cm³/mol. The van der Waals surface area contributed by atoms with Crippen LogP contribution >= 0.6 is 11.6 Å². The summed E-state index contributed by atoms with van der Waals surface area (Å²) in [4.78, 5) is 29.9. The van der Waals surface area contributed by atoms with Gasteiger partial charge in [-0.3, -0.25) is 9.59 Å². The molecule has 2 amide bonds. The smallest absolute Gasteiger partial charge is 0.264 e. The number of aryl methyl sites for hydroxylation is 1. The third kappa shape index (κ3) is 4.95. The Kier molecular flexibility index (Phi) is 7.14. The summed E-state index contributed by atoms with van der Waals surface area (Å²) in [6.45, 7) is 2.65. The Morgan fingerprint density at radius 1 is 1.02 bits per heavy atom. The van der Waals surface area contributed by atoms with Gasteiger partial charge < -0.3 is 19.3 Å². The van der Waals surface area contributed by atoms with Crippen molar-refractivity contribution >= 4 is 39.1 Å². The molecule has 11 heteroatoms. The van der Waals surface area contributed by atoms with Crippen LogP contribution in [0.1, 0.15) is 49.7 Å². The van der Waals surface area contributed by atoms with E-state index in [2.05, 4.69) is 21.8 Å². The molecule has 224 valence electrons. The van der Waals surface area contributed by atoms with Crippen molar-refractivity contribution in [2.75, 3.05) is 44.4 Å². The van der Waals surface area contributed by atoms with Gasteiger partial charge in [0.15, 0.2) is 0 Å². The van der Waals surface area contributed by atoms with Crippen LogP contribution in [0.2, 0.25) is 5.02 Å². The van der Waals surface area contributed by atoms with E-state index in [1.54, 1.807) is 12.1 Å². The molecule has 3 heterocycles. The van der Waals surface area contributed by atoms with E-state index in [1.807, 2.05) is 6.07 Å². The number of sulfonamides is 1. The molecule has 1 unspecified atom stereocenters. The first-order valence-corrected chi connectivity index (χ1v) is 16.8. The molecule has 1 saturated carbocycles. The van der Waals surface area contributed by atoms with Gasteiger partial charge >= 0.3 is 0 Å². The molecule has 1 spiro atoms. The molecule has 7 rings (SSSR count). The van der Waals surface area contributed by atoms with Gasteiger partial charge in [-0.25, -0.2) is 13.1 Å². The first-order valence-electron chi connectivity index (χ1n) is 15.0. The number of hydrogen-bond donors (Lipinski definition) is 1. The molecule has 2 aliphatic carbocycles. The Morgan fingerprint density at radius 2 is 1.88 bits per heavy atom. The number of amides is 2. The number of anilines is 1. The average molecular weight is 614 g/mol. The van der Waals surface area contributed by atoms with Crippen LogP contribution in [0, 0.1) is 11.8 Å². The Bertz CT molecular complexity index is 1530. The highest BCUT2D eigenvalue weighted by atomic mass is 35.5. The van der Waals surface area contributed by atoms with Crippen molar-refractivity contribution < 1.29 is 27.5 Å². The second-order valence-corrected chi connectivity index (χ2v) is 14.7. The lowest BCUT2D eigenvalue weighted by Crippen LogP contribution is -2.49. The quantitative estimate of drug-likeness (QED) is 0.483. The highest BCUT2D eigenvalue weighted by Crippen LogP contribution is 2.46. The van der Waals surface area contributed by atoms with Gasteiger partial charge in [0.05, 0.1) is 23.8 Å². The lowest BCUT2D eigenvalue weighted by molar-refractivity contribution is -0.142. The topological polar surface area (TPSA) is 105 Å². The molecule has 5 aliphatic rings. The summed E-state index contributed by atoms with van der Waals surface area (Å²) in [5.41, 5.74) is 2.93. The van der Waals surface area contributed by atoms with Crippen molar-refractivity contribution in [1.29, 1.82) is 0 Å². The van der Waals surface area contributed by atoms with Gasteiger partial charge in [0.1, 0.15) is 18.4 Å². The summed E-state index contributed by atoms with van der Waals surface area (Å²) in [5.74, 6) is 0.313. The zero-order chi connectivity index (χ0) is 29.1. The first-order chi connectivity index (χ1) is 20.2. The fraction of sp³-hybridized carbons (Fsp3) is 0.548. The highest BCUT2D eigenvalue weighted by molar-refractivity contribution is 7.90. The standard InChI is InChI=1S/C31H36ClN3O6S/c32-23-7-9-25-20(13-23)3-1-11-31(25)18-34-15-21-5-6-22(21)16-40-17-29(36)35-12-2-4-26(35)30(37)33-42(38,39)24-8-10-28(41-19-31)27(34)14-24/h7-10,13-14,21-22,26H,1-6,11-12,15-19H2,(H,33,37)/t21-,22-,26?,31-/m0/s1. The molecular weight excluding hydrogens is 578 g/mol. The monoisotopic (exact) mass is 613 g/mol. The average Bonchev–Trinajstić information content (AvgIpc) is 3.40. The molecule has 9 nitrogen and oxygen atoms in total. The zero-order valence-electron chi connectivity index (χ0n) is 23.5. The van der Waals surface area contributed by atoms with Gasteiger partial charge in [0, 0.05) is 30.1 Å². The van der Waals surface area contributed by atoms with Gasteiger partial charge in [-0.2, -0.15) is 0 Å². The number of rotatable bonds is 0. The number of nitrogens with one attached hydrogen (secondary N) is 1. The molecule has 1 N–H and O–H groups in total. The van der Waals surface area contributed by atoms with Crippen LogP contribution in [0.25, 0.3) is 0 Å². The number of nitrogens with zero attached hydrogens (tertiary/aromatic N) is 2. The van der Waals surface area contributed by atoms with E-state index in [-0.39, 0.29) is 22.8 Å². The van der Waals surface area contributed by atoms with E-state index in [9.17, 15) is 18.0 Å². The second kappa shape index (κ2) is 10.7. The zero-order valence-corrected chi connectivity index (χ0v) is 25.1. The molecule has 1 saturated heterocycles. The van der Waals surface area contributed by atoms with E-state index >= 15 is 0 Å². The maximum atomic E-state index is 13.5. The Morgan fingerprint density at radius 3 is 2.71 bits per heavy atom. The van der Waals surface area contributed by atoms with Gasteiger partial charge in [-0.15, -0.1) is 0 Å². The van der Waals surface area contributed by atoms with Crippen molar-refractivity contribution in [3.8, 4) is 5.75 Å². The van der Waals surface area contributed by atoms with Crippen LogP contribution in [-0.2, 0) is 36.2 Å². The number of carbonyl (C=O) groups excluding carboxylic acids is 2. The number of hydrogen-bond acceptors (Lipinski definition) is 7. The van der Waals surface area contributed by atoms with E-state index in [0.29, 0.717) is 63.3 Å². The molecule has 3 aliphatic heterocycles. The van der Waals surface area contributed by atoms with E-state index in [4.69, 9.17) is 21.1 Å². The van der Waals surface area contributed by atoms with Crippen LogP contribution < -0.4 is 14.4 Å². The van der Waals surface area contributed by atoms with E-state index in [0.717, 1.165) is 42.8 Å². The SMILES string of the molecule is O=C1NS(=O)(=O)c2ccc3c(c2)N(C[C@@H]2CC[C@H]2COCC(=O)N2CCCC12)C[C@@]1(CCCc2cc(Cl)ccc21)CO3. The van der Waals surface area contributed by atoms with Crippen LogP contribution in [0.3, 0.4) is 0 Å². The lowest BCUT2D eigenvalue weighted by Gasteiger charge is -2.44. The summed E-state index contributed by atoms with van der Waals surface area (Å²) in [6, 6.07) is 10.1. The Hall–Kier alpha value is -2.82. The molecule has 2 aromatic rings. The van der Waals surface area contributed by atoms with Crippen molar-refractivity contribution in [2.45, 2.75) is 61.3 Å². The van der Waals surface area contributed by atoms with Gasteiger partial charge in [0.2, 0.25) is 5.91 Å². The highest BCUT2D eigenvalue weighted by Gasteiger charge is 2.44. The van der Waals surface area contributed by atoms with E-state index in [1.165, 1.54) is 22.1 Å². The minimum Gasteiger partial charge on any atom is -0.490 e. The van der Waals surface area contributed by atoms with Gasteiger partial charge in [-0.05, 0) is 98.2 Å². The molecule has 42 heavy (non-hydrogen) atoms. The molecule has 2 bridgehead atoms. The van der Waals surface area contributed by atoms with Crippen molar-refractivity contribution in [3.63, 3.8) is 0 Å². The van der Waals surface area contributed by atoms with Crippen molar-refractivity contribution in [3.05, 3.63) is 52.5 Å². The molecular formula is C31H36ClN3O6S. The normalized spacial score (nSPS) is 30.7. The molecule has 2 fully saturated rings. The molecule has 4 atom stereocenters. The number of carbonyl (C=O) groups is 2. The third-order valence-electron chi connectivity index (χ3n) is 10.0. The third-order valence-corrected chi connectivity index (χ3v) is 11.6. The second-order valence-electron chi connectivity index (χ2n) is 12.6. The lowest BCUT2D eigenvalue weighted by atomic mass is 9.69. The van der Waals surface area contributed by atoms with Crippen LogP contribution in [0.5, 0.6) is 5.75 Å². The largest absolute Gasteiger partial charge is 0.490 e. The Balaban J connectivity index is 1.29. The minimum absolute atomic E-state index is 0.00596. The number of fused-ring (bicyclic) bond motifs is 5. The number of halogens is 1. The molecule has 0 aromatic heterocycles. The van der Waals surface area contributed by atoms with Crippen molar-refractivity contribution in [2.24, 2.45) is 11.8 Å². The molecule has 2 aromatic carbocycles. The summed E-state index contributed by atoms with van der Waals surface area (Å²) in [7, 11) is -4.19. The Labute approximate surface area is 251 Å². The maximum Gasteiger partial charge on any atom is 0.264 e. The summed E-state index contributed by atoms with van der Waals surface area (Å²) in [5, 5.41) is 0.724. The number of benzene rings is 2. The van der Waals surface area contributed by atoms with Crippen LogP contribution in [0.4, 0.5) is 5.69 Å². The number of ether oxygens (including phenoxy) is 2. The summed E-state index contributed by atoms with van der Waals surface area (Å²) >= 11 is 6.38. The summed E-state index contributed by atoms with van der Waals surface area (Å²) in [6.07, 6.45) is 6.03.